The van der Waals surface area contributed by atoms with Crippen LogP contribution in [0.3, 0.4) is 0 Å². The highest BCUT2D eigenvalue weighted by molar-refractivity contribution is 5.97. The van der Waals surface area contributed by atoms with Gasteiger partial charge in [0.05, 0.1) is 5.41 Å². The number of imide groups is 1. The van der Waals surface area contributed by atoms with Crippen LogP contribution in [0.5, 0.6) is 0 Å². The molecule has 0 N–H and O–H groups in total. The minimum absolute atomic E-state index is 0.179. The molecule has 0 aliphatic carbocycles. The summed E-state index contributed by atoms with van der Waals surface area (Å²) < 4.78 is 5.26. The molecule has 1 saturated heterocycles. The van der Waals surface area contributed by atoms with Gasteiger partial charge in [-0.3, -0.25) is 4.79 Å². The van der Waals surface area contributed by atoms with Crippen molar-refractivity contribution in [2.75, 3.05) is 6.54 Å². The summed E-state index contributed by atoms with van der Waals surface area (Å²) in [6.07, 6.45) is 4.62. The zero-order valence-electron chi connectivity index (χ0n) is 12.1. The number of hydrogen-bond acceptors (Lipinski definition) is 3. The summed E-state index contributed by atoms with van der Waals surface area (Å²) in [5.41, 5.74) is -1.17. The molecule has 2 amide bonds. The van der Waals surface area contributed by atoms with Crippen LogP contribution in [0.25, 0.3) is 0 Å². The van der Waals surface area contributed by atoms with Gasteiger partial charge >= 0.3 is 6.09 Å². The third kappa shape index (κ3) is 3.46. The molecule has 1 aliphatic heterocycles. The van der Waals surface area contributed by atoms with Crippen molar-refractivity contribution in [3.63, 3.8) is 0 Å². The zero-order chi connectivity index (χ0) is 14.7. The van der Waals surface area contributed by atoms with Crippen molar-refractivity contribution in [2.24, 2.45) is 5.41 Å². The second kappa shape index (κ2) is 5.59. The molecule has 0 aromatic carbocycles. The highest BCUT2D eigenvalue weighted by Crippen LogP contribution is 2.39. The molecular weight excluding hydrogens is 242 g/mol. The molecule has 0 unspecified atom stereocenters. The first-order valence-electron chi connectivity index (χ1n) is 6.52. The molecule has 0 atom stereocenters. The van der Waals surface area contributed by atoms with Crippen LogP contribution in [0.1, 0.15) is 40.0 Å². The van der Waals surface area contributed by atoms with Crippen molar-refractivity contribution in [1.82, 2.24) is 4.90 Å². The van der Waals surface area contributed by atoms with Crippen LogP contribution in [0.15, 0.2) is 25.3 Å². The lowest BCUT2D eigenvalue weighted by Gasteiger charge is -2.26. The highest BCUT2D eigenvalue weighted by Gasteiger charge is 2.48. The quantitative estimate of drug-likeness (QED) is 0.733. The average molecular weight is 265 g/mol. The Labute approximate surface area is 115 Å². The van der Waals surface area contributed by atoms with Crippen molar-refractivity contribution in [1.29, 1.82) is 0 Å². The first kappa shape index (κ1) is 15.5. The van der Waals surface area contributed by atoms with E-state index in [0.717, 1.165) is 0 Å². The van der Waals surface area contributed by atoms with Gasteiger partial charge < -0.3 is 4.74 Å². The van der Waals surface area contributed by atoms with Gasteiger partial charge in [-0.25, -0.2) is 9.69 Å². The van der Waals surface area contributed by atoms with E-state index in [2.05, 4.69) is 13.2 Å². The van der Waals surface area contributed by atoms with Crippen LogP contribution in [0.4, 0.5) is 4.79 Å². The molecule has 1 rings (SSSR count). The molecule has 0 saturated carbocycles. The smallest absolute Gasteiger partial charge is 0.417 e. The number of allylic oxidation sites excluding steroid dienone is 2. The molecule has 4 heteroatoms. The van der Waals surface area contributed by atoms with Crippen molar-refractivity contribution in [3.8, 4) is 0 Å². The summed E-state index contributed by atoms with van der Waals surface area (Å²) in [7, 11) is 0. The molecule has 1 aliphatic rings. The zero-order valence-corrected chi connectivity index (χ0v) is 12.1. The topological polar surface area (TPSA) is 46.6 Å². The summed E-state index contributed by atoms with van der Waals surface area (Å²) in [6.45, 7) is 13.1. The van der Waals surface area contributed by atoms with Crippen LogP contribution < -0.4 is 0 Å². The molecule has 106 valence electrons. The van der Waals surface area contributed by atoms with E-state index in [1.54, 1.807) is 32.9 Å². The first-order chi connectivity index (χ1) is 8.75. The second-order valence-electron chi connectivity index (χ2n) is 5.95. The van der Waals surface area contributed by atoms with E-state index in [-0.39, 0.29) is 5.91 Å². The minimum Gasteiger partial charge on any atom is -0.443 e. The van der Waals surface area contributed by atoms with Crippen molar-refractivity contribution in [3.05, 3.63) is 25.3 Å². The summed E-state index contributed by atoms with van der Waals surface area (Å²) in [4.78, 5) is 25.7. The van der Waals surface area contributed by atoms with Gasteiger partial charge in [0.2, 0.25) is 5.91 Å². The fraction of sp³-hybridized carbons (Fsp3) is 0.600. The Morgan fingerprint density at radius 1 is 1.37 bits per heavy atom. The van der Waals surface area contributed by atoms with Crippen LogP contribution in [-0.4, -0.2) is 29.0 Å². The highest BCUT2D eigenvalue weighted by atomic mass is 16.6. The van der Waals surface area contributed by atoms with Gasteiger partial charge in [-0.05, 0) is 40.0 Å². The van der Waals surface area contributed by atoms with Gasteiger partial charge in [-0.2, -0.15) is 0 Å². The Morgan fingerprint density at radius 2 is 1.89 bits per heavy atom. The molecule has 4 nitrogen and oxygen atoms in total. The number of rotatable bonds is 4. The van der Waals surface area contributed by atoms with E-state index in [9.17, 15) is 9.59 Å². The lowest BCUT2D eigenvalue weighted by molar-refractivity contribution is -0.135. The van der Waals surface area contributed by atoms with Crippen LogP contribution in [0, 0.1) is 5.41 Å². The Bertz CT molecular complexity index is 383. The van der Waals surface area contributed by atoms with Crippen molar-refractivity contribution < 1.29 is 14.3 Å². The number of amides is 2. The Morgan fingerprint density at radius 3 is 2.32 bits per heavy atom. The molecule has 0 spiro atoms. The maximum Gasteiger partial charge on any atom is 0.417 e. The normalized spacial score (nSPS) is 18.3. The molecule has 1 heterocycles. The van der Waals surface area contributed by atoms with Gasteiger partial charge in [0.25, 0.3) is 0 Å². The Balaban J connectivity index is 2.86. The second-order valence-corrected chi connectivity index (χ2v) is 5.95. The average Bonchev–Trinajstić information content (AvgIpc) is 2.56. The van der Waals surface area contributed by atoms with E-state index in [1.807, 2.05) is 0 Å². The SMILES string of the molecule is C=CCC1(CC=C)CCN(C(=O)OC(C)(C)C)C1=O. The van der Waals surface area contributed by atoms with Crippen molar-refractivity contribution >= 4 is 12.0 Å². The predicted molar refractivity (Wildman–Crippen MR) is 74.6 cm³/mol. The number of nitrogens with zero attached hydrogens (tertiary/aromatic N) is 1. The van der Waals surface area contributed by atoms with Gasteiger partial charge in [0.15, 0.2) is 0 Å². The third-order valence-corrected chi connectivity index (χ3v) is 3.20. The molecule has 0 bridgehead atoms. The van der Waals surface area contributed by atoms with Gasteiger partial charge in [-0.15, -0.1) is 13.2 Å². The van der Waals surface area contributed by atoms with E-state index < -0.39 is 17.1 Å². The summed E-state index contributed by atoms with van der Waals surface area (Å²) in [6, 6.07) is 0. The van der Waals surface area contributed by atoms with Crippen molar-refractivity contribution in [2.45, 2.75) is 45.6 Å². The largest absolute Gasteiger partial charge is 0.443 e. The van der Waals surface area contributed by atoms with Gasteiger partial charge in [0.1, 0.15) is 5.60 Å². The van der Waals surface area contributed by atoms with Gasteiger partial charge in [0, 0.05) is 6.54 Å². The summed E-state index contributed by atoms with van der Waals surface area (Å²) in [5, 5.41) is 0. The third-order valence-electron chi connectivity index (χ3n) is 3.20. The summed E-state index contributed by atoms with van der Waals surface area (Å²) >= 11 is 0. The lowest BCUT2D eigenvalue weighted by Crippen LogP contribution is -2.41. The number of hydrogen-bond donors (Lipinski definition) is 0. The fourth-order valence-corrected chi connectivity index (χ4v) is 2.33. The van der Waals surface area contributed by atoms with Crippen LogP contribution >= 0.6 is 0 Å². The number of ether oxygens (including phenoxy) is 1. The first-order valence-corrected chi connectivity index (χ1v) is 6.52. The molecule has 0 aromatic heterocycles. The van der Waals surface area contributed by atoms with E-state index >= 15 is 0 Å². The monoisotopic (exact) mass is 265 g/mol. The molecule has 19 heavy (non-hydrogen) atoms. The van der Waals surface area contributed by atoms with Gasteiger partial charge in [-0.1, -0.05) is 12.2 Å². The molecule has 0 radical (unpaired) electrons. The minimum atomic E-state index is -0.598. The number of carbonyl (C=O) groups excluding carboxylic acids is 2. The maximum absolute atomic E-state index is 12.5. The van der Waals surface area contributed by atoms with E-state index in [1.165, 1.54) is 4.90 Å². The standard InChI is InChI=1S/C15H23NO3/c1-6-8-15(9-7-2)10-11-16(12(15)17)13(18)19-14(3,4)5/h6-7H,1-2,8-11H2,3-5H3. The molecule has 1 fully saturated rings. The lowest BCUT2D eigenvalue weighted by atomic mass is 9.80. The Hall–Kier alpha value is -1.58. The van der Waals surface area contributed by atoms with E-state index in [0.29, 0.717) is 25.8 Å². The number of carbonyl (C=O) groups is 2. The fourth-order valence-electron chi connectivity index (χ4n) is 2.33. The number of likely N-dealkylation sites (tertiary alicyclic amines) is 1. The maximum atomic E-state index is 12.5. The summed E-state index contributed by atoms with van der Waals surface area (Å²) in [5.74, 6) is -0.179. The van der Waals surface area contributed by atoms with Crippen LogP contribution in [0.2, 0.25) is 0 Å². The Kier molecular flexibility index (Phi) is 4.56. The predicted octanol–water partition coefficient (Wildman–Crippen LogP) is 3.29. The molecular formula is C15H23NO3. The molecule has 0 aromatic rings. The van der Waals surface area contributed by atoms with Crippen LogP contribution in [-0.2, 0) is 9.53 Å². The van der Waals surface area contributed by atoms with E-state index in [4.69, 9.17) is 4.74 Å².